The lowest BCUT2D eigenvalue weighted by Crippen LogP contribution is -2.08. The van der Waals surface area contributed by atoms with Crippen LogP contribution in [0.1, 0.15) is 0 Å². The van der Waals surface area contributed by atoms with E-state index in [0.717, 1.165) is 15.7 Å². The van der Waals surface area contributed by atoms with E-state index in [2.05, 4.69) is 41.8 Å². The first kappa shape index (κ1) is 9.30. The first-order valence-corrected chi connectivity index (χ1v) is 4.32. The van der Waals surface area contributed by atoms with Gasteiger partial charge in [0.25, 0.3) is 0 Å². The zero-order valence-corrected chi connectivity index (χ0v) is 8.53. The van der Waals surface area contributed by atoms with Crippen molar-refractivity contribution < 1.29 is 0 Å². The molecule has 0 heterocycles. The van der Waals surface area contributed by atoms with Crippen molar-refractivity contribution in [2.45, 2.75) is 0 Å². The van der Waals surface area contributed by atoms with Crippen molar-refractivity contribution in [2.24, 2.45) is 9.98 Å². The SMILES string of the molecule is CN=C(Br)C(CBr)=NC. The third-order valence-electron chi connectivity index (χ3n) is 0.831. The highest BCUT2D eigenvalue weighted by atomic mass is 79.9. The van der Waals surface area contributed by atoms with Crippen LogP contribution in [0.3, 0.4) is 0 Å². The van der Waals surface area contributed by atoms with E-state index in [4.69, 9.17) is 0 Å². The van der Waals surface area contributed by atoms with Crippen LogP contribution >= 0.6 is 31.9 Å². The minimum absolute atomic E-state index is 0.738. The lowest BCUT2D eigenvalue weighted by atomic mass is 10.5. The molecule has 0 amide bonds. The van der Waals surface area contributed by atoms with Gasteiger partial charge in [-0.15, -0.1) is 0 Å². The molecule has 0 aromatic rings. The fraction of sp³-hybridized carbons (Fsp3) is 0.600. The molecule has 0 fully saturated rings. The molecule has 0 rings (SSSR count). The summed E-state index contributed by atoms with van der Waals surface area (Å²) in [6, 6.07) is 0. The van der Waals surface area contributed by atoms with Crippen LogP contribution in [-0.2, 0) is 0 Å². The molecule has 9 heavy (non-hydrogen) atoms. The van der Waals surface area contributed by atoms with Gasteiger partial charge in [-0.3, -0.25) is 9.98 Å². The number of nitrogens with zero attached hydrogens (tertiary/aromatic N) is 2. The zero-order chi connectivity index (χ0) is 7.28. The summed E-state index contributed by atoms with van der Waals surface area (Å²) < 4.78 is 0.807. The van der Waals surface area contributed by atoms with Crippen molar-refractivity contribution in [1.29, 1.82) is 0 Å². The molecule has 0 saturated carbocycles. The van der Waals surface area contributed by atoms with E-state index in [1.54, 1.807) is 14.1 Å². The number of hydrogen-bond acceptors (Lipinski definition) is 2. The van der Waals surface area contributed by atoms with Crippen LogP contribution in [0.4, 0.5) is 0 Å². The maximum atomic E-state index is 3.97. The van der Waals surface area contributed by atoms with E-state index in [1.807, 2.05) is 0 Å². The van der Waals surface area contributed by atoms with Crippen LogP contribution in [-0.4, -0.2) is 29.8 Å². The summed E-state index contributed by atoms with van der Waals surface area (Å²) >= 11 is 6.53. The predicted molar refractivity (Wildman–Crippen MR) is 49.4 cm³/mol. The maximum Gasteiger partial charge on any atom is 0.122 e. The minimum atomic E-state index is 0.738. The van der Waals surface area contributed by atoms with Crippen LogP contribution in [0.15, 0.2) is 9.98 Å². The molecule has 0 N–H and O–H groups in total. The van der Waals surface area contributed by atoms with E-state index in [0.29, 0.717) is 0 Å². The second-order valence-corrected chi connectivity index (χ2v) is 2.63. The van der Waals surface area contributed by atoms with Crippen LogP contribution in [0, 0.1) is 0 Å². The molecule has 0 aliphatic carbocycles. The van der Waals surface area contributed by atoms with Crippen LogP contribution in [0.2, 0.25) is 0 Å². The second-order valence-electron chi connectivity index (χ2n) is 1.32. The Morgan fingerprint density at radius 1 is 1.33 bits per heavy atom. The number of rotatable bonds is 2. The first-order valence-electron chi connectivity index (χ1n) is 2.40. The molecule has 0 atom stereocenters. The van der Waals surface area contributed by atoms with E-state index < -0.39 is 0 Å². The average molecular weight is 256 g/mol. The van der Waals surface area contributed by atoms with Crippen molar-refractivity contribution >= 4 is 42.2 Å². The Labute approximate surface area is 71.7 Å². The van der Waals surface area contributed by atoms with Gasteiger partial charge in [-0.25, -0.2) is 0 Å². The molecule has 4 heteroatoms. The van der Waals surface area contributed by atoms with E-state index in [9.17, 15) is 0 Å². The number of alkyl halides is 1. The quantitative estimate of drug-likeness (QED) is 0.532. The Morgan fingerprint density at radius 3 is 2.00 bits per heavy atom. The lowest BCUT2D eigenvalue weighted by molar-refractivity contribution is 1.43. The van der Waals surface area contributed by atoms with Crippen molar-refractivity contribution in [2.75, 3.05) is 19.4 Å². The molecular formula is C5H8Br2N2. The Hall–Kier alpha value is 0.300. The van der Waals surface area contributed by atoms with E-state index >= 15 is 0 Å². The molecule has 0 aliphatic heterocycles. The Kier molecular flexibility index (Phi) is 5.28. The molecular weight excluding hydrogens is 248 g/mol. The molecule has 0 aromatic carbocycles. The van der Waals surface area contributed by atoms with Gasteiger partial charge < -0.3 is 0 Å². The predicted octanol–water partition coefficient (Wildman–Crippen LogP) is 1.88. The van der Waals surface area contributed by atoms with Crippen LogP contribution < -0.4 is 0 Å². The van der Waals surface area contributed by atoms with Gasteiger partial charge in [0.1, 0.15) is 4.62 Å². The minimum Gasteiger partial charge on any atom is -0.289 e. The zero-order valence-electron chi connectivity index (χ0n) is 5.36. The largest absolute Gasteiger partial charge is 0.289 e. The summed E-state index contributed by atoms with van der Waals surface area (Å²) in [6.07, 6.45) is 0. The Bertz CT molecular complexity index is 140. The van der Waals surface area contributed by atoms with Gasteiger partial charge in [0.05, 0.1) is 5.71 Å². The molecule has 0 radical (unpaired) electrons. The van der Waals surface area contributed by atoms with Gasteiger partial charge in [0.2, 0.25) is 0 Å². The van der Waals surface area contributed by atoms with Gasteiger partial charge >= 0.3 is 0 Å². The summed E-state index contributed by atoms with van der Waals surface area (Å²) in [5.74, 6) is 0. The Morgan fingerprint density at radius 2 is 1.89 bits per heavy atom. The highest BCUT2D eigenvalue weighted by Crippen LogP contribution is 1.96. The van der Waals surface area contributed by atoms with Crippen molar-refractivity contribution in [3.8, 4) is 0 Å². The molecule has 0 aliphatic rings. The van der Waals surface area contributed by atoms with Crippen LogP contribution in [0.5, 0.6) is 0 Å². The van der Waals surface area contributed by atoms with Gasteiger partial charge in [-0.05, 0) is 15.9 Å². The topological polar surface area (TPSA) is 24.7 Å². The molecule has 0 spiro atoms. The van der Waals surface area contributed by atoms with Gasteiger partial charge in [0, 0.05) is 19.4 Å². The molecule has 0 aromatic heterocycles. The lowest BCUT2D eigenvalue weighted by Gasteiger charge is -1.94. The summed E-state index contributed by atoms with van der Waals surface area (Å²) in [5, 5.41) is 0.738. The summed E-state index contributed by atoms with van der Waals surface area (Å²) in [5.41, 5.74) is 0.928. The third kappa shape index (κ3) is 3.11. The van der Waals surface area contributed by atoms with Gasteiger partial charge in [-0.2, -0.15) is 0 Å². The number of hydrogen-bond donors (Lipinski definition) is 0. The van der Waals surface area contributed by atoms with Crippen molar-refractivity contribution in [3.63, 3.8) is 0 Å². The van der Waals surface area contributed by atoms with E-state index in [1.165, 1.54) is 0 Å². The first-order chi connectivity index (χ1) is 4.26. The second kappa shape index (κ2) is 5.11. The number of halogens is 2. The van der Waals surface area contributed by atoms with E-state index in [-0.39, 0.29) is 0 Å². The molecule has 52 valence electrons. The Balaban J connectivity index is 4.14. The summed E-state index contributed by atoms with van der Waals surface area (Å²) in [6.45, 7) is 0. The van der Waals surface area contributed by atoms with Crippen LogP contribution in [0.25, 0.3) is 0 Å². The smallest absolute Gasteiger partial charge is 0.122 e. The monoisotopic (exact) mass is 254 g/mol. The summed E-state index contributed by atoms with van der Waals surface area (Å²) in [4.78, 5) is 7.87. The molecule has 0 unspecified atom stereocenters. The molecule has 0 saturated heterocycles. The normalized spacial score (nSPS) is 14.2. The third-order valence-corrected chi connectivity index (χ3v) is 2.17. The fourth-order valence-electron chi connectivity index (χ4n) is 0.336. The van der Waals surface area contributed by atoms with Crippen molar-refractivity contribution in [3.05, 3.63) is 0 Å². The highest BCUT2D eigenvalue weighted by Gasteiger charge is 1.99. The molecule has 2 nitrogen and oxygen atoms in total. The molecule has 0 bridgehead atoms. The highest BCUT2D eigenvalue weighted by molar-refractivity contribution is 9.19. The fourth-order valence-corrected chi connectivity index (χ4v) is 1.55. The maximum absolute atomic E-state index is 3.97. The van der Waals surface area contributed by atoms with Gasteiger partial charge in [0.15, 0.2) is 0 Å². The average Bonchev–Trinajstić information content (AvgIpc) is 1.90. The summed E-state index contributed by atoms with van der Waals surface area (Å²) in [7, 11) is 3.46. The van der Waals surface area contributed by atoms with Gasteiger partial charge in [-0.1, -0.05) is 15.9 Å². The standard InChI is InChI=1S/C5H8Br2N2/c1-8-4(3-6)5(7)9-2/h3H2,1-2H3. The van der Waals surface area contributed by atoms with Crippen molar-refractivity contribution in [1.82, 2.24) is 0 Å². The number of aliphatic imine (C=N–C) groups is 2.